The molecule has 0 aliphatic heterocycles. The summed E-state index contributed by atoms with van der Waals surface area (Å²) in [7, 11) is 1.73. The van der Waals surface area contributed by atoms with Gasteiger partial charge in [0, 0.05) is 24.4 Å². The highest BCUT2D eigenvalue weighted by Crippen LogP contribution is 2.25. The van der Waals surface area contributed by atoms with Gasteiger partial charge in [0.2, 0.25) is 0 Å². The van der Waals surface area contributed by atoms with Gasteiger partial charge >= 0.3 is 6.03 Å². The molecule has 0 atom stereocenters. The molecule has 0 aliphatic carbocycles. The third-order valence-electron chi connectivity index (χ3n) is 3.81. The lowest BCUT2D eigenvalue weighted by atomic mass is 10.2. The van der Waals surface area contributed by atoms with Crippen molar-refractivity contribution in [1.82, 2.24) is 15.0 Å². The molecule has 3 rings (SSSR count). The Hall–Kier alpha value is -2.48. The molecule has 3 aromatic rings. The Kier molecular flexibility index (Phi) is 4.98. The Balaban J connectivity index is 1.70. The van der Waals surface area contributed by atoms with Crippen molar-refractivity contribution in [3.8, 4) is 0 Å². The van der Waals surface area contributed by atoms with Gasteiger partial charge in [0.1, 0.15) is 11.3 Å². The van der Waals surface area contributed by atoms with Crippen molar-refractivity contribution in [1.29, 1.82) is 0 Å². The number of thioether (sulfide) groups is 1. The molecule has 2 aromatic heterocycles. The number of nitrogens with zero attached hydrogens (tertiary/aromatic N) is 3. The van der Waals surface area contributed by atoms with Gasteiger partial charge in [-0.05, 0) is 31.7 Å². The summed E-state index contributed by atoms with van der Waals surface area (Å²) in [4.78, 5) is 18.4. The smallest absolute Gasteiger partial charge is 0.321 e. The first-order chi connectivity index (χ1) is 12.0. The van der Waals surface area contributed by atoms with Gasteiger partial charge in [0.05, 0.1) is 12.2 Å². The average molecular weight is 360 g/mol. The number of nitrogens with one attached hydrogen (secondary N) is 1. The number of carbonyl (C=O) groups is 1. The number of aromatic nitrogens is 2. The first-order valence-corrected chi connectivity index (χ1v) is 8.93. The van der Waals surface area contributed by atoms with Crippen molar-refractivity contribution >= 4 is 34.6 Å². The molecule has 1 aromatic carbocycles. The molecule has 2 heterocycles. The molecule has 0 bridgehead atoms. The lowest BCUT2D eigenvalue weighted by Gasteiger charge is -2.17. The predicted molar refractivity (Wildman–Crippen MR) is 96.9 cm³/mol. The number of hydrogen-bond donors (Lipinski definition) is 1. The summed E-state index contributed by atoms with van der Waals surface area (Å²) in [6.07, 6.45) is 0. The van der Waals surface area contributed by atoms with Crippen LogP contribution in [-0.2, 0) is 6.54 Å². The first kappa shape index (κ1) is 17.3. The van der Waals surface area contributed by atoms with Crippen LogP contribution in [0.5, 0.6) is 0 Å². The summed E-state index contributed by atoms with van der Waals surface area (Å²) < 4.78 is 10.8. The fourth-order valence-electron chi connectivity index (χ4n) is 2.42. The van der Waals surface area contributed by atoms with Crippen LogP contribution in [0.15, 0.2) is 32.4 Å². The van der Waals surface area contributed by atoms with Gasteiger partial charge in [0.15, 0.2) is 5.58 Å². The lowest BCUT2D eigenvalue weighted by Crippen LogP contribution is -2.31. The van der Waals surface area contributed by atoms with E-state index >= 15 is 0 Å². The minimum absolute atomic E-state index is 0.220. The number of amides is 2. The molecule has 0 spiro atoms. The van der Waals surface area contributed by atoms with Crippen molar-refractivity contribution in [2.45, 2.75) is 32.5 Å². The number of hydrogen-bond acceptors (Lipinski definition) is 6. The van der Waals surface area contributed by atoms with Crippen molar-refractivity contribution in [3.05, 3.63) is 35.2 Å². The van der Waals surface area contributed by atoms with E-state index in [1.54, 1.807) is 29.8 Å². The Labute approximate surface area is 149 Å². The molecule has 7 nitrogen and oxygen atoms in total. The molecule has 1 N–H and O–H groups in total. The molecule has 25 heavy (non-hydrogen) atoms. The van der Waals surface area contributed by atoms with Crippen molar-refractivity contribution in [3.63, 3.8) is 0 Å². The second-order valence-electron chi connectivity index (χ2n) is 5.68. The van der Waals surface area contributed by atoms with Gasteiger partial charge in [-0.2, -0.15) is 0 Å². The number of anilines is 1. The topological polar surface area (TPSA) is 84.4 Å². The summed E-state index contributed by atoms with van der Waals surface area (Å²) in [5.74, 6) is 1.62. The van der Waals surface area contributed by atoms with E-state index in [2.05, 4.69) is 15.5 Å². The van der Waals surface area contributed by atoms with Crippen LogP contribution in [-0.4, -0.2) is 33.9 Å². The Morgan fingerprint density at radius 2 is 2.16 bits per heavy atom. The number of aryl methyl sites for hydroxylation is 2. The SMILES string of the molecule is CCSc1nc2ccc(NC(=O)N(C)Cc3c(C)noc3C)cc2o1. The van der Waals surface area contributed by atoms with Crippen LogP contribution in [0, 0.1) is 13.8 Å². The van der Waals surface area contributed by atoms with Crippen LogP contribution in [0.2, 0.25) is 0 Å². The lowest BCUT2D eigenvalue weighted by molar-refractivity contribution is 0.220. The molecule has 0 radical (unpaired) electrons. The van der Waals surface area contributed by atoms with E-state index in [1.165, 1.54) is 0 Å². The van der Waals surface area contributed by atoms with E-state index in [0.29, 0.717) is 23.0 Å². The van der Waals surface area contributed by atoms with Crippen LogP contribution in [0.25, 0.3) is 11.1 Å². The van der Waals surface area contributed by atoms with E-state index in [1.807, 2.05) is 32.9 Å². The molecule has 0 fully saturated rings. The highest BCUT2D eigenvalue weighted by Gasteiger charge is 2.16. The second kappa shape index (κ2) is 7.18. The molecular formula is C17H20N4O3S. The summed E-state index contributed by atoms with van der Waals surface area (Å²) in [5.41, 5.74) is 3.80. The molecule has 132 valence electrons. The van der Waals surface area contributed by atoms with Gasteiger partial charge in [-0.3, -0.25) is 0 Å². The maximum atomic E-state index is 12.4. The minimum Gasteiger partial charge on any atom is -0.431 e. The van der Waals surface area contributed by atoms with E-state index in [-0.39, 0.29) is 6.03 Å². The molecular weight excluding hydrogens is 340 g/mol. The van der Waals surface area contributed by atoms with Gasteiger partial charge < -0.3 is 19.2 Å². The van der Waals surface area contributed by atoms with Crippen molar-refractivity contribution in [2.75, 3.05) is 18.1 Å². The monoisotopic (exact) mass is 360 g/mol. The van der Waals surface area contributed by atoms with Gasteiger partial charge in [-0.25, -0.2) is 9.78 Å². The molecule has 0 saturated heterocycles. The van der Waals surface area contributed by atoms with Crippen LogP contribution >= 0.6 is 11.8 Å². The number of carbonyl (C=O) groups excluding carboxylic acids is 1. The highest BCUT2D eigenvalue weighted by atomic mass is 32.2. The zero-order chi connectivity index (χ0) is 18.0. The summed E-state index contributed by atoms with van der Waals surface area (Å²) >= 11 is 1.54. The fraction of sp³-hybridized carbons (Fsp3) is 0.353. The normalized spacial score (nSPS) is 11.0. The third kappa shape index (κ3) is 3.79. The molecule has 0 saturated carbocycles. The second-order valence-corrected chi connectivity index (χ2v) is 6.90. The Bertz CT molecular complexity index is 883. The highest BCUT2D eigenvalue weighted by molar-refractivity contribution is 7.99. The minimum atomic E-state index is -0.220. The number of benzene rings is 1. The summed E-state index contributed by atoms with van der Waals surface area (Å²) in [6.45, 7) is 6.17. The molecule has 8 heteroatoms. The summed E-state index contributed by atoms with van der Waals surface area (Å²) in [5, 5.41) is 7.41. The Morgan fingerprint density at radius 1 is 1.36 bits per heavy atom. The maximum absolute atomic E-state index is 12.4. The Morgan fingerprint density at radius 3 is 2.84 bits per heavy atom. The number of fused-ring (bicyclic) bond motifs is 1. The summed E-state index contributed by atoms with van der Waals surface area (Å²) in [6, 6.07) is 5.21. The zero-order valence-electron chi connectivity index (χ0n) is 14.6. The van der Waals surface area contributed by atoms with Gasteiger partial charge in [0.25, 0.3) is 5.22 Å². The molecule has 0 aliphatic rings. The fourth-order valence-corrected chi connectivity index (χ4v) is 2.98. The molecule has 2 amide bonds. The van der Waals surface area contributed by atoms with Crippen LogP contribution in [0.4, 0.5) is 10.5 Å². The number of urea groups is 1. The van der Waals surface area contributed by atoms with Crippen molar-refractivity contribution < 1.29 is 13.7 Å². The van der Waals surface area contributed by atoms with Gasteiger partial charge in [-0.15, -0.1) is 0 Å². The van der Waals surface area contributed by atoms with E-state index < -0.39 is 0 Å². The number of oxazole rings is 1. The number of rotatable bonds is 5. The van der Waals surface area contributed by atoms with Crippen LogP contribution < -0.4 is 5.32 Å². The van der Waals surface area contributed by atoms with E-state index in [0.717, 1.165) is 28.3 Å². The van der Waals surface area contributed by atoms with Crippen LogP contribution in [0.3, 0.4) is 0 Å². The predicted octanol–water partition coefficient (Wildman–Crippen LogP) is 4.21. The van der Waals surface area contributed by atoms with E-state index in [9.17, 15) is 4.79 Å². The standard InChI is InChI=1S/C17H20N4O3S/c1-5-25-17-19-14-7-6-12(8-15(14)23-17)18-16(22)21(4)9-13-10(2)20-24-11(13)3/h6-8H,5,9H2,1-4H3,(H,18,22). The van der Waals surface area contributed by atoms with E-state index in [4.69, 9.17) is 8.94 Å². The quantitative estimate of drug-likeness (QED) is 0.686. The molecule has 0 unspecified atom stereocenters. The average Bonchev–Trinajstić information content (AvgIpc) is 3.12. The maximum Gasteiger partial charge on any atom is 0.321 e. The van der Waals surface area contributed by atoms with Crippen LogP contribution in [0.1, 0.15) is 23.9 Å². The van der Waals surface area contributed by atoms with Crippen molar-refractivity contribution in [2.24, 2.45) is 0 Å². The first-order valence-electron chi connectivity index (χ1n) is 7.95. The largest absolute Gasteiger partial charge is 0.431 e. The van der Waals surface area contributed by atoms with Gasteiger partial charge in [-0.1, -0.05) is 23.8 Å². The third-order valence-corrected chi connectivity index (χ3v) is 4.52. The zero-order valence-corrected chi connectivity index (χ0v) is 15.4.